The Morgan fingerprint density at radius 2 is 2.64 bits per heavy atom. The lowest BCUT2D eigenvalue weighted by atomic mass is 10.3. The van der Waals surface area contributed by atoms with Crippen molar-refractivity contribution in [1.29, 1.82) is 5.41 Å². The maximum atomic E-state index is 7.02. The highest BCUT2D eigenvalue weighted by Gasteiger charge is 2.00. The molecule has 1 rings (SSSR count). The molecule has 0 saturated heterocycles. The summed E-state index contributed by atoms with van der Waals surface area (Å²) < 4.78 is 0. The van der Waals surface area contributed by atoms with Gasteiger partial charge in [-0.3, -0.25) is 5.41 Å². The van der Waals surface area contributed by atoms with Crippen molar-refractivity contribution < 1.29 is 0 Å². The molecule has 0 bridgehead atoms. The van der Waals surface area contributed by atoms with Crippen LogP contribution in [0.25, 0.3) is 0 Å². The normalized spacial score (nSPS) is 9.55. The van der Waals surface area contributed by atoms with Gasteiger partial charge < -0.3 is 11.1 Å². The molecule has 1 aromatic rings. The van der Waals surface area contributed by atoms with E-state index in [1.807, 2.05) is 12.4 Å². The van der Waals surface area contributed by atoms with Crippen LogP contribution >= 0.6 is 11.3 Å². The summed E-state index contributed by atoms with van der Waals surface area (Å²) in [5.41, 5.74) is 6.06. The minimum Gasteiger partial charge on any atom is -0.387 e. The predicted molar refractivity (Wildman–Crippen MR) is 47.3 cm³/mol. The van der Waals surface area contributed by atoms with E-state index in [0.717, 1.165) is 10.8 Å². The Balaban J connectivity index is 2.65. The second-order valence-electron chi connectivity index (χ2n) is 2.10. The van der Waals surface area contributed by atoms with Crippen LogP contribution in [0.1, 0.15) is 5.69 Å². The largest absolute Gasteiger partial charge is 0.387 e. The van der Waals surface area contributed by atoms with Crippen LogP contribution in [-0.4, -0.2) is 17.9 Å². The molecule has 4 N–H and O–H groups in total. The molecule has 0 aliphatic rings. The SMILES string of the molecule is CNc1nc(CC(=N)N)cs1. The number of rotatable bonds is 3. The molecular formula is C6H10N4S. The molecule has 0 amide bonds. The summed E-state index contributed by atoms with van der Waals surface area (Å²) in [6.45, 7) is 0. The minimum absolute atomic E-state index is 0.151. The van der Waals surface area contributed by atoms with E-state index in [-0.39, 0.29) is 5.84 Å². The van der Waals surface area contributed by atoms with Gasteiger partial charge in [0.15, 0.2) is 5.13 Å². The van der Waals surface area contributed by atoms with Crippen LogP contribution in [-0.2, 0) is 6.42 Å². The number of aromatic nitrogens is 1. The summed E-state index contributed by atoms with van der Waals surface area (Å²) >= 11 is 1.52. The fourth-order valence-electron chi connectivity index (χ4n) is 0.698. The number of hydrogen-bond acceptors (Lipinski definition) is 4. The number of nitrogens with two attached hydrogens (primary N) is 1. The molecular weight excluding hydrogens is 160 g/mol. The zero-order valence-electron chi connectivity index (χ0n) is 6.22. The van der Waals surface area contributed by atoms with E-state index in [2.05, 4.69) is 10.3 Å². The fraction of sp³-hybridized carbons (Fsp3) is 0.333. The summed E-state index contributed by atoms with van der Waals surface area (Å²) in [7, 11) is 1.82. The van der Waals surface area contributed by atoms with Gasteiger partial charge >= 0.3 is 0 Å². The van der Waals surface area contributed by atoms with Crippen molar-refractivity contribution in [3.63, 3.8) is 0 Å². The Bertz CT molecular complexity index is 255. The van der Waals surface area contributed by atoms with Gasteiger partial charge in [0, 0.05) is 18.8 Å². The van der Waals surface area contributed by atoms with Gasteiger partial charge in [-0.15, -0.1) is 11.3 Å². The number of anilines is 1. The molecule has 0 aliphatic carbocycles. The standard InChI is InChI=1S/C6H10N4S/c1-9-6-10-4(3-11-6)2-5(7)8/h3H,2H2,1H3,(H3,7,8)(H,9,10). The van der Waals surface area contributed by atoms with Gasteiger partial charge in [-0.2, -0.15) is 0 Å². The molecule has 4 nitrogen and oxygen atoms in total. The number of thiazole rings is 1. The van der Waals surface area contributed by atoms with Gasteiger partial charge in [0.1, 0.15) is 0 Å². The summed E-state index contributed by atoms with van der Waals surface area (Å²) in [6, 6.07) is 0. The average molecular weight is 170 g/mol. The summed E-state index contributed by atoms with van der Waals surface area (Å²) in [5, 5.41) is 12.7. The van der Waals surface area contributed by atoms with Crippen molar-refractivity contribution in [3.05, 3.63) is 11.1 Å². The summed E-state index contributed by atoms with van der Waals surface area (Å²) in [4.78, 5) is 4.16. The molecule has 11 heavy (non-hydrogen) atoms. The molecule has 0 fully saturated rings. The van der Waals surface area contributed by atoms with Gasteiger partial charge in [-0.1, -0.05) is 0 Å². The van der Waals surface area contributed by atoms with Crippen LogP contribution in [0, 0.1) is 5.41 Å². The third kappa shape index (κ3) is 2.19. The molecule has 0 radical (unpaired) electrons. The van der Waals surface area contributed by atoms with E-state index >= 15 is 0 Å². The molecule has 0 unspecified atom stereocenters. The molecule has 1 heterocycles. The molecule has 1 aromatic heterocycles. The molecule has 0 aliphatic heterocycles. The lowest BCUT2D eigenvalue weighted by Crippen LogP contribution is -2.12. The van der Waals surface area contributed by atoms with Crippen LogP contribution in [0.2, 0.25) is 0 Å². The van der Waals surface area contributed by atoms with Crippen molar-refractivity contribution in [2.24, 2.45) is 5.73 Å². The summed E-state index contributed by atoms with van der Waals surface area (Å²) in [5.74, 6) is 0.151. The van der Waals surface area contributed by atoms with E-state index in [0.29, 0.717) is 6.42 Å². The smallest absolute Gasteiger partial charge is 0.182 e. The number of amidine groups is 1. The Morgan fingerprint density at radius 1 is 1.91 bits per heavy atom. The zero-order chi connectivity index (χ0) is 8.27. The topological polar surface area (TPSA) is 74.8 Å². The lowest BCUT2D eigenvalue weighted by molar-refractivity contribution is 1.15. The lowest BCUT2D eigenvalue weighted by Gasteiger charge is -1.91. The van der Waals surface area contributed by atoms with E-state index < -0.39 is 0 Å². The van der Waals surface area contributed by atoms with Gasteiger partial charge in [0.25, 0.3) is 0 Å². The van der Waals surface area contributed by atoms with E-state index in [1.54, 1.807) is 0 Å². The monoisotopic (exact) mass is 170 g/mol. The van der Waals surface area contributed by atoms with Crippen molar-refractivity contribution in [1.82, 2.24) is 4.98 Å². The Kier molecular flexibility index (Phi) is 2.43. The minimum atomic E-state index is 0.151. The van der Waals surface area contributed by atoms with Crippen LogP contribution in [0.3, 0.4) is 0 Å². The van der Waals surface area contributed by atoms with Gasteiger partial charge in [-0.25, -0.2) is 4.98 Å². The maximum absolute atomic E-state index is 7.02. The van der Waals surface area contributed by atoms with E-state index in [9.17, 15) is 0 Å². The Hall–Kier alpha value is -1.10. The first-order chi connectivity index (χ1) is 5.22. The average Bonchev–Trinajstić information content (AvgIpc) is 2.34. The highest BCUT2D eigenvalue weighted by molar-refractivity contribution is 7.13. The van der Waals surface area contributed by atoms with Crippen LogP contribution in [0.15, 0.2) is 5.38 Å². The van der Waals surface area contributed by atoms with Crippen molar-refractivity contribution in [3.8, 4) is 0 Å². The fourth-order valence-corrected chi connectivity index (χ4v) is 1.37. The first-order valence-electron chi connectivity index (χ1n) is 3.17. The first kappa shape index (κ1) is 8.00. The molecule has 0 aromatic carbocycles. The highest BCUT2D eigenvalue weighted by atomic mass is 32.1. The Morgan fingerprint density at radius 3 is 3.09 bits per heavy atom. The second kappa shape index (κ2) is 3.34. The number of nitrogens with zero attached hydrogens (tertiary/aromatic N) is 1. The molecule has 0 saturated carbocycles. The van der Waals surface area contributed by atoms with Gasteiger partial charge in [-0.05, 0) is 0 Å². The summed E-state index contributed by atoms with van der Waals surface area (Å²) in [6.07, 6.45) is 0.443. The van der Waals surface area contributed by atoms with E-state index in [4.69, 9.17) is 11.1 Å². The van der Waals surface area contributed by atoms with Crippen molar-refractivity contribution in [2.45, 2.75) is 6.42 Å². The second-order valence-corrected chi connectivity index (χ2v) is 2.95. The molecule has 60 valence electrons. The quantitative estimate of drug-likeness (QED) is 0.461. The predicted octanol–water partition coefficient (Wildman–Crippen LogP) is 0.663. The van der Waals surface area contributed by atoms with Crippen LogP contribution in [0.5, 0.6) is 0 Å². The van der Waals surface area contributed by atoms with Crippen molar-refractivity contribution in [2.75, 3.05) is 12.4 Å². The number of nitrogens with one attached hydrogen (secondary N) is 2. The third-order valence-electron chi connectivity index (χ3n) is 1.14. The van der Waals surface area contributed by atoms with Crippen molar-refractivity contribution >= 4 is 22.3 Å². The zero-order valence-corrected chi connectivity index (χ0v) is 7.03. The maximum Gasteiger partial charge on any atom is 0.182 e. The van der Waals surface area contributed by atoms with Crippen LogP contribution in [0.4, 0.5) is 5.13 Å². The Labute approximate surface area is 69.0 Å². The van der Waals surface area contributed by atoms with Crippen LogP contribution < -0.4 is 11.1 Å². The first-order valence-corrected chi connectivity index (χ1v) is 4.05. The van der Waals surface area contributed by atoms with E-state index in [1.165, 1.54) is 11.3 Å². The van der Waals surface area contributed by atoms with Gasteiger partial charge in [0.05, 0.1) is 11.5 Å². The number of hydrogen-bond donors (Lipinski definition) is 3. The highest BCUT2D eigenvalue weighted by Crippen LogP contribution is 2.14. The molecule has 0 atom stereocenters. The third-order valence-corrected chi connectivity index (χ3v) is 2.05. The molecule has 5 heteroatoms. The van der Waals surface area contributed by atoms with Gasteiger partial charge in [0.2, 0.25) is 0 Å². The molecule has 0 spiro atoms.